The van der Waals surface area contributed by atoms with E-state index in [0.29, 0.717) is 19.4 Å². The van der Waals surface area contributed by atoms with Crippen LogP contribution in [0.4, 0.5) is 0 Å². The average molecular weight is 260 g/mol. The third-order valence-electron chi connectivity index (χ3n) is 2.68. The Morgan fingerprint density at radius 1 is 1.53 bits per heavy atom. The Morgan fingerprint density at radius 3 is 2.65 bits per heavy atom. The van der Waals surface area contributed by atoms with Crippen LogP contribution in [0.3, 0.4) is 0 Å². The monoisotopic (exact) mass is 260 g/mol. The zero-order valence-electron chi connectivity index (χ0n) is 9.55. The largest absolute Gasteiger partial charge is 0.480 e. The van der Waals surface area contributed by atoms with Gasteiger partial charge in [-0.25, -0.2) is 4.79 Å². The fourth-order valence-corrected chi connectivity index (χ4v) is 2.17. The van der Waals surface area contributed by atoms with Crippen LogP contribution in [0.2, 0.25) is 0 Å². The summed E-state index contributed by atoms with van der Waals surface area (Å²) in [6, 6.07) is -1.53. The molecule has 2 amide bonds. The number of carboxylic acids is 1. The van der Waals surface area contributed by atoms with Crippen molar-refractivity contribution in [2.24, 2.45) is 0 Å². The van der Waals surface area contributed by atoms with Gasteiger partial charge >= 0.3 is 5.97 Å². The van der Waals surface area contributed by atoms with Crippen molar-refractivity contribution in [3.05, 3.63) is 0 Å². The number of nitrogens with zero attached hydrogens (tertiary/aromatic N) is 1. The number of amides is 2. The number of carboxylic acid groups (broad SMARTS) is 1. The van der Waals surface area contributed by atoms with Crippen molar-refractivity contribution < 1.29 is 19.5 Å². The summed E-state index contributed by atoms with van der Waals surface area (Å²) in [4.78, 5) is 35.2. The Hall–Kier alpha value is -1.24. The van der Waals surface area contributed by atoms with Crippen LogP contribution in [0.1, 0.15) is 19.8 Å². The van der Waals surface area contributed by atoms with Crippen LogP contribution in [0, 0.1) is 0 Å². The second-order valence-electron chi connectivity index (χ2n) is 3.96. The standard InChI is InChI=1S/C10H16N2O4S/c1-6(13)11-7(5-17)9(14)12-4-2-3-8(12)10(15)16/h7-8,17H,2-5H2,1H3,(H,11,13)(H,15,16)/t7-,8-/m0/s1. The molecular formula is C10H16N2O4S. The lowest BCUT2D eigenvalue weighted by molar-refractivity contribution is -0.149. The molecule has 1 rings (SSSR count). The van der Waals surface area contributed by atoms with Gasteiger partial charge in [0.1, 0.15) is 12.1 Å². The first-order valence-corrected chi connectivity index (χ1v) is 6.02. The lowest BCUT2D eigenvalue weighted by Crippen LogP contribution is -2.52. The van der Waals surface area contributed by atoms with Crippen molar-refractivity contribution in [1.29, 1.82) is 0 Å². The maximum Gasteiger partial charge on any atom is 0.326 e. The fourth-order valence-electron chi connectivity index (χ4n) is 1.92. The highest BCUT2D eigenvalue weighted by Crippen LogP contribution is 2.18. The first kappa shape index (κ1) is 13.8. The number of hydrogen-bond donors (Lipinski definition) is 3. The normalized spacial score (nSPS) is 21.1. The molecule has 1 heterocycles. The molecule has 17 heavy (non-hydrogen) atoms. The molecule has 0 aromatic heterocycles. The van der Waals surface area contributed by atoms with E-state index in [-0.39, 0.29) is 17.6 Å². The van der Waals surface area contributed by atoms with Gasteiger partial charge in [-0.15, -0.1) is 0 Å². The fraction of sp³-hybridized carbons (Fsp3) is 0.700. The third kappa shape index (κ3) is 3.36. The van der Waals surface area contributed by atoms with Crippen molar-refractivity contribution in [3.63, 3.8) is 0 Å². The highest BCUT2D eigenvalue weighted by molar-refractivity contribution is 7.80. The quantitative estimate of drug-likeness (QED) is 0.595. The molecule has 2 atom stereocenters. The lowest BCUT2D eigenvalue weighted by Gasteiger charge is -2.26. The van der Waals surface area contributed by atoms with Gasteiger partial charge in [0.15, 0.2) is 0 Å². The van der Waals surface area contributed by atoms with Gasteiger partial charge in [0.05, 0.1) is 0 Å². The average Bonchev–Trinajstić information content (AvgIpc) is 2.73. The summed E-state index contributed by atoms with van der Waals surface area (Å²) in [5.41, 5.74) is 0. The summed E-state index contributed by atoms with van der Waals surface area (Å²) in [6.07, 6.45) is 1.13. The minimum atomic E-state index is -1.00. The number of carbonyl (C=O) groups is 3. The van der Waals surface area contributed by atoms with E-state index >= 15 is 0 Å². The number of nitrogens with one attached hydrogen (secondary N) is 1. The molecule has 1 fully saturated rings. The van der Waals surface area contributed by atoms with E-state index in [1.807, 2.05) is 0 Å². The first-order chi connectivity index (χ1) is 7.97. The summed E-state index contributed by atoms with van der Waals surface area (Å²) >= 11 is 3.99. The van der Waals surface area contributed by atoms with Crippen LogP contribution in [0.25, 0.3) is 0 Å². The third-order valence-corrected chi connectivity index (χ3v) is 3.04. The second-order valence-corrected chi connectivity index (χ2v) is 4.33. The van der Waals surface area contributed by atoms with Gasteiger partial charge in [0, 0.05) is 19.2 Å². The van der Waals surface area contributed by atoms with Gasteiger partial charge in [-0.1, -0.05) is 0 Å². The number of carbonyl (C=O) groups excluding carboxylic acids is 2. The van der Waals surface area contributed by atoms with Crippen LogP contribution in [-0.4, -0.2) is 52.2 Å². The van der Waals surface area contributed by atoms with Crippen molar-refractivity contribution in [1.82, 2.24) is 10.2 Å². The number of hydrogen-bond acceptors (Lipinski definition) is 4. The van der Waals surface area contributed by atoms with E-state index < -0.39 is 18.1 Å². The van der Waals surface area contributed by atoms with Gasteiger partial charge in [0.25, 0.3) is 0 Å². The Labute approximate surface area is 105 Å². The van der Waals surface area contributed by atoms with Gasteiger partial charge in [-0.2, -0.15) is 12.6 Å². The Morgan fingerprint density at radius 2 is 2.18 bits per heavy atom. The summed E-state index contributed by atoms with van der Waals surface area (Å²) in [6.45, 7) is 1.72. The van der Waals surface area contributed by atoms with E-state index in [2.05, 4.69) is 17.9 Å². The topological polar surface area (TPSA) is 86.7 Å². The molecule has 0 saturated carbocycles. The summed E-state index contributed by atoms with van der Waals surface area (Å²) in [5, 5.41) is 11.4. The number of likely N-dealkylation sites (tertiary alicyclic amines) is 1. The van der Waals surface area contributed by atoms with Crippen LogP contribution in [-0.2, 0) is 14.4 Å². The van der Waals surface area contributed by atoms with Crippen LogP contribution >= 0.6 is 12.6 Å². The van der Waals surface area contributed by atoms with Crippen molar-refractivity contribution >= 4 is 30.4 Å². The SMILES string of the molecule is CC(=O)N[C@@H](CS)C(=O)N1CCC[C@H]1C(=O)O. The van der Waals surface area contributed by atoms with E-state index in [1.54, 1.807) is 0 Å². The summed E-state index contributed by atoms with van der Waals surface area (Å²) in [7, 11) is 0. The summed E-state index contributed by atoms with van der Waals surface area (Å²) < 4.78 is 0. The van der Waals surface area contributed by atoms with E-state index in [1.165, 1.54) is 11.8 Å². The lowest BCUT2D eigenvalue weighted by atomic mass is 10.2. The van der Waals surface area contributed by atoms with Crippen LogP contribution in [0.15, 0.2) is 0 Å². The molecule has 0 bridgehead atoms. The van der Waals surface area contributed by atoms with Gasteiger partial charge in [0.2, 0.25) is 11.8 Å². The molecule has 6 nitrogen and oxygen atoms in total. The van der Waals surface area contributed by atoms with Gasteiger partial charge in [-0.05, 0) is 12.8 Å². The maximum absolute atomic E-state index is 12.0. The Balaban J connectivity index is 2.73. The molecule has 7 heteroatoms. The molecule has 1 aliphatic rings. The molecule has 0 aromatic carbocycles. The van der Waals surface area contributed by atoms with E-state index in [9.17, 15) is 14.4 Å². The number of rotatable bonds is 4. The molecule has 2 N–H and O–H groups in total. The first-order valence-electron chi connectivity index (χ1n) is 5.38. The zero-order chi connectivity index (χ0) is 13.0. The van der Waals surface area contributed by atoms with Crippen LogP contribution < -0.4 is 5.32 Å². The minimum Gasteiger partial charge on any atom is -0.480 e. The number of thiol groups is 1. The molecule has 0 aliphatic carbocycles. The zero-order valence-corrected chi connectivity index (χ0v) is 10.4. The molecule has 0 radical (unpaired) electrons. The molecule has 96 valence electrons. The predicted octanol–water partition coefficient (Wildman–Crippen LogP) is -0.504. The van der Waals surface area contributed by atoms with E-state index in [0.717, 1.165) is 0 Å². The van der Waals surface area contributed by atoms with Crippen molar-refractivity contribution in [2.45, 2.75) is 31.8 Å². The summed E-state index contributed by atoms with van der Waals surface area (Å²) in [5.74, 6) is -1.55. The van der Waals surface area contributed by atoms with E-state index in [4.69, 9.17) is 5.11 Å². The smallest absolute Gasteiger partial charge is 0.326 e. The van der Waals surface area contributed by atoms with Gasteiger partial charge < -0.3 is 15.3 Å². The molecular weight excluding hydrogens is 244 g/mol. The second kappa shape index (κ2) is 5.90. The maximum atomic E-state index is 12.0. The molecule has 0 spiro atoms. The Kier molecular flexibility index (Phi) is 4.80. The molecule has 1 aliphatic heterocycles. The highest BCUT2D eigenvalue weighted by Gasteiger charge is 2.36. The van der Waals surface area contributed by atoms with Crippen LogP contribution in [0.5, 0.6) is 0 Å². The molecule has 1 saturated heterocycles. The molecule has 0 unspecified atom stereocenters. The Bertz CT molecular complexity index is 334. The highest BCUT2D eigenvalue weighted by atomic mass is 32.1. The minimum absolute atomic E-state index is 0.154. The van der Waals surface area contributed by atoms with Crippen molar-refractivity contribution in [3.8, 4) is 0 Å². The van der Waals surface area contributed by atoms with Crippen molar-refractivity contribution in [2.75, 3.05) is 12.3 Å². The predicted molar refractivity (Wildman–Crippen MR) is 63.8 cm³/mol. The number of aliphatic carboxylic acids is 1. The molecule has 0 aromatic rings. The van der Waals surface area contributed by atoms with Gasteiger partial charge in [-0.3, -0.25) is 9.59 Å².